The molecule has 0 aliphatic carbocycles. The predicted molar refractivity (Wildman–Crippen MR) is 115 cm³/mol. The summed E-state index contributed by atoms with van der Waals surface area (Å²) in [6.45, 7) is 6.43. The molecule has 1 aromatic carbocycles. The van der Waals surface area contributed by atoms with Gasteiger partial charge in [0.1, 0.15) is 15.6 Å². The van der Waals surface area contributed by atoms with Gasteiger partial charge in [-0.1, -0.05) is 11.6 Å². The molecular formula is C19H31ClN4O3S. The van der Waals surface area contributed by atoms with Crippen molar-refractivity contribution in [2.75, 3.05) is 75.6 Å². The summed E-state index contributed by atoms with van der Waals surface area (Å²) in [6.07, 6.45) is 3.48. The number of rotatable bonds is 6. The van der Waals surface area contributed by atoms with E-state index in [1.807, 2.05) is 6.07 Å². The van der Waals surface area contributed by atoms with Crippen LogP contribution in [0.25, 0.3) is 0 Å². The van der Waals surface area contributed by atoms with Crippen LogP contribution in [0, 0.1) is 0 Å². The Labute approximate surface area is 173 Å². The summed E-state index contributed by atoms with van der Waals surface area (Å²) in [5, 5.41) is 0.663. The zero-order chi connectivity index (χ0) is 20.3. The summed E-state index contributed by atoms with van der Waals surface area (Å²) >= 11 is 6.42. The largest absolute Gasteiger partial charge is 0.495 e. The number of hydrogen-bond donors (Lipinski definition) is 1. The lowest BCUT2D eigenvalue weighted by molar-refractivity contribution is 0.0882. The fraction of sp³-hybridized carbons (Fsp3) is 0.684. The SMILES string of the molecule is COc1cc(N2CCC(N3CCN(CCS(C)(=O)=O)CC3)CC2)c(Cl)cc1N. The van der Waals surface area contributed by atoms with Crippen LogP contribution in [0.5, 0.6) is 5.75 Å². The molecule has 9 heteroatoms. The summed E-state index contributed by atoms with van der Waals surface area (Å²) < 4.78 is 28.0. The molecule has 2 aliphatic rings. The Bertz CT molecular complexity index is 774. The highest BCUT2D eigenvalue weighted by atomic mass is 35.5. The second-order valence-corrected chi connectivity index (χ2v) is 10.4. The maximum atomic E-state index is 11.4. The van der Waals surface area contributed by atoms with Gasteiger partial charge in [0.2, 0.25) is 0 Å². The van der Waals surface area contributed by atoms with Crippen LogP contribution >= 0.6 is 11.6 Å². The van der Waals surface area contributed by atoms with E-state index < -0.39 is 9.84 Å². The Kier molecular flexibility index (Phi) is 6.96. The average molecular weight is 431 g/mol. The lowest BCUT2D eigenvalue weighted by Gasteiger charge is -2.43. The maximum Gasteiger partial charge on any atom is 0.148 e. The molecule has 2 saturated heterocycles. The van der Waals surface area contributed by atoms with Gasteiger partial charge in [-0.15, -0.1) is 0 Å². The Morgan fingerprint density at radius 3 is 2.36 bits per heavy atom. The van der Waals surface area contributed by atoms with Crippen LogP contribution in [0.4, 0.5) is 11.4 Å². The number of piperazine rings is 1. The lowest BCUT2D eigenvalue weighted by Crippen LogP contribution is -2.53. The predicted octanol–water partition coefficient (Wildman–Crippen LogP) is 1.56. The normalized spacial score (nSPS) is 20.5. The molecule has 0 saturated carbocycles. The second kappa shape index (κ2) is 9.07. The minimum Gasteiger partial charge on any atom is -0.495 e. The summed E-state index contributed by atoms with van der Waals surface area (Å²) in [4.78, 5) is 7.12. The van der Waals surface area contributed by atoms with E-state index in [0.717, 1.165) is 57.8 Å². The number of piperidine rings is 1. The molecule has 2 heterocycles. The van der Waals surface area contributed by atoms with Gasteiger partial charge in [-0.2, -0.15) is 0 Å². The van der Waals surface area contributed by atoms with E-state index in [-0.39, 0.29) is 5.75 Å². The number of hydrogen-bond acceptors (Lipinski definition) is 7. The van der Waals surface area contributed by atoms with Gasteiger partial charge in [0.25, 0.3) is 0 Å². The highest BCUT2D eigenvalue weighted by Crippen LogP contribution is 2.36. The summed E-state index contributed by atoms with van der Waals surface area (Å²) in [5.41, 5.74) is 7.47. The van der Waals surface area contributed by atoms with Crippen molar-refractivity contribution in [1.29, 1.82) is 0 Å². The Balaban J connectivity index is 1.50. The van der Waals surface area contributed by atoms with E-state index in [2.05, 4.69) is 14.7 Å². The van der Waals surface area contributed by atoms with Gasteiger partial charge in [0, 0.05) is 64.2 Å². The van der Waals surface area contributed by atoms with E-state index in [0.29, 0.717) is 29.0 Å². The third-order valence-electron chi connectivity index (χ3n) is 5.81. The number of benzene rings is 1. The van der Waals surface area contributed by atoms with Crippen LogP contribution in [0.2, 0.25) is 5.02 Å². The van der Waals surface area contributed by atoms with Gasteiger partial charge in [-0.05, 0) is 18.9 Å². The van der Waals surface area contributed by atoms with Crippen molar-refractivity contribution < 1.29 is 13.2 Å². The smallest absolute Gasteiger partial charge is 0.148 e. The number of ether oxygens (including phenoxy) is 1. The van der Waals surface area contributed by atoms with Gasteiger partial charge in [-0.25, -0.2) is 8.42 Å². The zero-order valence-corrected chi connectivity index (χ0v) is 18.3. The molecule has 2 aliphatic heterocycles. The van der Waals surface area contributed by atoms with Crippen LogP contribution in [0.3, 0.4) is 0 Å². The molecule has 28 heavy (non-hydrogen) atoms. The molecule has 3 rings (SSSR count). The number of methoxy groups -OCH3 is 1. The number of halogens is 1. The molecule has 2 N–H and O–H groups in total. The Morgan fingerprint density at radius 2 is 1.79 bits per heavy atom. The summed E-state index contributed by atoms with van der Waals surface area (Å²) in [5.74, 6) is 0.906. The zero-order valence-electron chi connectivity index (χ0n) is 16.7. The summed E-state index contributed by atoms with van der Waals surface area (Å²) in [7, 11) is -1.27. The topological polar surface area (TPSA) is 79.1 Å². The van der Waals surface area contributed by atoms with Crippen molar-refractivity contribution in [3.05, 3.63) is 17.2 Å². The number of nitrogens with two attached hydrogens (primary N) is 1. The number of anilines is 2. The van der Waals surface area contributed by atoms with Gasteiger partial charge in [0.05, 0.1) is 29.3 Å². The van der Waals surface area contributed by atoms with Gasteiger partial charge in [-0.3, -0.25) is 9.80 Å². The van der Waals surface area contributed by atoms with Gasteiger partial charge >= 0.3 is 0 Å². The van der Waals surface area contributed by atoms with E-state index in [1.54, 1.807) is 13.2 Å². The number of sulfone groups is 1. The van der Waals surface area contributed by atoms with E-state index in [1.165, 1.54) is 6.26 Å². The fourth-order valence-electron chi connectivity index (χ4n) is 4.10. The van der Waals surface area contributed by atoms with E-state index >= 15 is 0 Å². The van der Waals surface area contributed by atoms with Crippen molar-refractivity contribution in [2.45, 2.75) is 18.9 Å². The minimum atomic E-state index is -2.89. The first-order chi connectivity index (χ1) is 13.3. The summed E-state index contributed by atoms with van der Waals surface area (Å²) in [6, 6.07) is 4.26. The molecule has 0 spiro atoms. The molecule has 0 amide bonds. The first-order valence-corrected chi connectivity index (χ1v) is 12.2. The van der Waals surface area contributed by atoms with Crippen molar-refractivity contribution in [2.24, 2.45) is 0 Å². The van der Waals surface area contributed by atoms with Crippen molar-refractivity contribution in [3.8, 4) is 5.75 Å². The monoisotopic (exact) mass is 430 g/mol. The third kappa shape index (κ3) is 5.43. The number of nitrogen functional groups attached to an aromatic ring is 1. The molecule has 0 unspecified atom stereocenters. The number of nitrogens with zero attached hydrogens (tertiary/aromatic N) is 3. The highest BCUT2D eigenvalue weighted by molar-refractivity contribution is 7.90. The molecule has 0 radical (unpaired) electrons. The molecule has 2 fully saturated rings. The molecule has 0 aromatic heterocycles. The first kappa shape index (κ1) is 21.5. The maximum absolute atomic E-state index is 11.4. The second-order valence-electron chi connectivity index (χ2n) is 7.77. The van der Waals surface area contributed by atoms with Crippen LogP contribution in [-0.4, -0.2) is 89.2 Å². The van der Waals surface area contributed by atoms with Crippen LogP contribution in [-0.2, 0) is 9.84 Å². The quantitative estimate of drug-likeness (QED) is 0.686. The molecule has 0 bridgehead atoms. The van der Waals surface area contributed by atoms with Crippen molar-refractivity contribution in [1.82, 2.24) is 9.80 Å². The lowest BCUT2D eigenvalue weighted by atomic mass is 10.0. The van der Waals surface area contributed by atoms with Crippen molar-refractivity contribution >= 4 is 32.8 Å². The van der Waals surface area contributed by atoms with Gasteiger partial charge in [0.15, 0.2) is 0 Å². The van der Waals surface area contributed by atoms with Crippen molar-refractivity contribution in [3.63, 3.8) is 0 Å². The molecule has 7 nitrogen and oxygen atoms in total. The van der Waals surface area contributed by atoms with Crippen LogP contribution < -0.4 is 15.4 Å². The Morgan fingerprint density at radius 1 is 1.14 bits per heavy atom. The third-order valence-corrected chi connectivity index (χ3v) is 7.03. The molecule has 158 valence electrons. The minimum absolute atomic E-state index is 0.247. The van der Waals surface area contributed by atoms with Crippen LogP contribution in [0.1, 0.15) is 12.8 Å². The Hall–Kier alpha value is -1.22. The fourth-order valence-corrected chi connectivity index (χ4v) is 4.98. The standard InChI is InChI=1S/C19H31ClN4O3S/c1-27-19-14-18(16(20)13-17(19)21)24-5-3-15(4-6-24)23-9-7-22(8-10-23)11-12-28(2,25)26/h13-15H,3-12,21H2,1-2H3. The van der Waals surface area contributed by atoms with E-state index in [9.17, 15) is 8.42 Å². The molecule has 1 aromatic rings. The van der Waals surface area contributed by atoms with Crippen LogP contribution in [0.15, 0.2) is 12.1 Å². The van der Waals surface area contributed by atoms with E-state index in [4.69, 9.17) is 22.1 Å². The average Bonchev–Trinajstić information content (AvgIpc) is 2.67. The first-order valence-electron chi connectivity index (χ1n) is 9.79. The molecule has 0 atom stereocenters. The highest BCUT2D eigenvalue weighted by Gasteiger charge is 2.28. The molecular weight excluding hydrogens is 400 g/mol. The van der Waals surface area contributed by atoms with Gasteiger partial charge < -0.3 is 15.4 Å².